The first-order chi connectivity index (χ1) is 11.2. The van der Waals surface area contributed by atoms with Crippen LogP contribution >= 0.6 is 11.3 Å². The lowest BCUT2D eigenvalue weighted by Gasteiger charge is -2.06. The predicted molar refractivity (Wildman–Crippen MR) is 87.0 cm³/mol. The summed E-state index contributed by atoms with van der Waals surface area (Å²) >= 11 is 1.41. The van der Waals surface area contributed by atoms with Gasteiger partial charge in [0.2, 0.25) is 5.95 Å². The third-order valence-electron chi connectivity index (χ3n) is 3.00. The summed E-state index contributed by atoms with van der Waals surface area (Å²) in [4.78, 5) is 27.0. The monoisotopic (exact) mass is 328 g/mol. The molecule has 0 saturated carbocycles. The summed E-state index contributed by atoms with van der Waals surface area (Å²) in [6.07, 6.45) is 0. The van der Waals surface area contributed by atoms with Crippen LogP contribution in [0, 0.1) is 0 Å². The normalized spacial score (nSPS) is 10.3. The highest BCUT2D eigenvalue weighted by atomic mass is 32.1. The molecule has 0 spiro atoms. The second-order valence-electron chi connectivity index (χ2n) is 4.53. The fourth-order valence-corrected chi connectivity index (χ4v) is 2.65. The minimum absolute atomic E-state index is 0.192. The summed E-state index contributed by atoms with van der Waals surface area (Å²) in [5.41, 5.74) is 0.910. The number of aromatic nitrogens is 3. The van der Waals surface area contributed by atoms with Crippen molar-refractivity contribution < 1.29 is 9.53 Å². The summed E-state index contributed by atoms with van der Waals surface area (Å²) < 4.78 is 4.67. The maximum Gasteiger partial charge on any atom is 0.337 e. The quantitative estimate of drug-likeness (QED) is 0.714. The Morgan fingerprint density at radius 3 is 2.83 bits per heavy atom. The number of H-pyrrole nitrogens is 1. The molecule has 0 aliphatic heterocycles. The Hall–Kier alpha value is -3.00. The molecule has 23 heavy (non-hydrogen) atoms. The molecule has 0 bridgehead atoms. The van der Waals surface area contributed by atoms with Gasteiger partial charge in [0, 0.05) is 5.69 Å². The number of carbonyl (C=O) groups excluding carboxylic acids is 1. The molecule has 0 atom stereocenters. The second kappa shape index (κ2) is 6.41. The first-order valence-corrected chi connectivity index (χ1v) is 7.51. The Kier molecular flexibility index (Phi) is 4.15. The lowest BCUT2D eigenvalue weighted by Crippen LogP contribution is -2.15. The molecule has 0 saturated heterocycles. The van der Waals surface area contributed by atoms with Gasteiger partial charge in [-0.1, -0.05) is 12.1 Å². The van der Waals surface area contributed by atoms with Gasteiger partial charge >= 0.3 is 5.97 Å². The molecule has 0 unspecified atom stereocenters. The van der Waals surface area contributed by atoms with Gasteiger partial charge in [-0.2, -0.15) is 0 Å². The number of nitrogens with one attached hydrogen (secondary N) is 2. The minimum Gasteiger partial charge on any atom is -0.465 e. The van der Waals surface area contributed by atoms with Crippen LogP contribution in [0.3, 0.4) is 0 Å². The van der Waals surface area contributed by atoms with Crippen molar-refractivity contribution >= 4 is 28.9 Å². The number of esters is 1. The van der Waals surface area contributed by atoms with Gasteiger partial charge in [-0.25, -0.2) is 4.79 Å². The Morgan fingerprint density at radius 1 is 1.26 bits per heavy atom. The maximum absolute atomic E-state index is 12.1. The summed E-state index contributed by atoms with van der Waals surface area (Å²) in [5, 5.41) is 12.7. The van der Waals surface area contributed by atoms with Crippen LogP contribution in [-0.2, 0) is 4.74 Å². The zero-order valence-electron chi connectivity index (χ0n) is 12.1. The third kappa shape index (κ3) is 3.27. The maximum atomic E-state index is 12.1. The number of rotatable bonds is 4. The van der Waals surface area contributed by atoms with Crippen LogP contribution < -0.4 is 10.9 Å². The largest absolute Gasteiger partial charge is 0.465 e. The van der Waals surface area contributed by atoms with Crippen molar-refractivity contribution in [1.29, 1.82) is 0 Å². The lowest BCUT2D eigenvalue weighted by atomic mass is 10.2. The van der Waals surface area contributed by atoms with E-state index in [-0.39, 0.29) is 17.2 Å². The average Bonchev–Trinajstić information content (AvgIpc) is 3.08. The molecule has 0 aliphatic rings. The van der Waals surface area contributed by atoms with Crippen LogP contribution in [0.25, 0.3) is 10.6 Å². The SMILES string of the molecule is COC(=O)c1cccc(Nc2nnc(-c3cccs3)c(=O)[nH]2)c1. The van der Waals surface area contributed by atoms with Crippen molar-refractivity contribution in [3.05, 3.63) is 57.7 Å². The molecule has 0 amide bonds. The summed E-state index contributed by atoms with van der Waals surface area (Å²) in [7, 11) is 1.31. The van der Waals surface area contributed by atoms with Crippen LogP contribution in [-0.4, -0.2) is 28.3 Å². The van der Waals surface area contributed by atoms with Crippen molar-refractivity contribution in [2.24, 2.45) is 0 Å². The molecule has 2 heterocycles. The van der Waals surface area contributed by atoms with E-state index in [4.69, 9.17) is 0 Å². The number of aromatic amines is 1. The van der Waals surface area contributed by atoms with Crippen LogP contribution in [0.5, 0.6) is 0 Å². The van der Waals surface area contributed by atoms with E-state index in [0.717, 1.165) is 4.88 Å². The molecule has 8 heteroatoms. The number of hydrogen-bond donors (Lipinski definition) is 2. The number of methoxy groups -OCH3 is 1. The van der Waals surface area contributed by atoms with E-state index in [1.807, 2.05) is 11.4 Å². The van der Waals surface area contributed by atoms with E-state index in [2.05, 4.69) is 25.2 Å². The van der Waals surface area contributed by atoms with Crippen molar-refractivity contribution in [1.82, 2.24) is 15.2 Å². The van der Waals surface area contributed by atoms with Crippen LogP contribution in [0.1, 0.15) is 10.4 Å². The highest BCUT2D eigenvalue weighted by molar-refractivity contribution is 7.13. The van der Waals surface area contributed by atoms with E-state index >= 15 is 0 Å². The number of nitrogens with zero attached hydrogens (tertiary/aromatic N) is 2. The number of thiophene rings is 1. The highest BCUT2D eigenvalue weighted by Gasteiger charge is 2.10. The highest BCUT2D eigenvalue weighted by Crippen LogP contribution is 2.19. The molecule has 0 aliphatic carbocycles. The molecule has 2 N–H and O–H groups in total. The Labute approximate surface area is 135 Å². The van der Waals surface area contributed by atoms with Gasteiger partial charge in [0.05, 0.1) is 17.6 Å². The van der Waals surface area contributed by atoms with Crippen LogP contribution in [0.4, 0.5) is 11.6 Å². The molecule has 7 nitrogen and oxygen atoms in total. The van der Waals surface area contributed by atoms with E-state index in [1.54, 1.807) is 30.3 Å². The molecule has 3 aromatic rings. The first kappa shape index (κ1) is 14.9. The van der Waals surface area contributed by atoms with E-state index in [0.29, 0.717) is 11.3 Å². The molecule has 1 aromatic carbocycles. The van der Waals surface area contributed by atoms with E-state index in [9.17, 15) is 9.59 Å². The van der Waals surface area contributed by atoms with E-state index in [1.165, 1.54) is 18.4 Å². The number of hydrogen-bond acceptors (Lipinski definition) is 7. The van der Waals surface area contributed by atoms with Gasteiger partial charge in [-0.05, 0) is 29.6 Å². The van der Waals surface area contributed by atoms with Crippen LogP contribution in [0.15, 0.2) is 46.6 Å². The van der Waals surface area contributed by atoms with Gasteiger partial charge in [0.15, 0.2) is 5.69 Å². The molecule has 0 fully saturated rings. The molecular weight excluding hydrogens is 316 g/mol. The van der Waals surface area contributed by atoms with Gasteiger partial charge in [-0.15, -0.1) is 21.5 Å². The zero-order valence-corrected chi connectivity index (χ0v) is 12.9. The van der Waals surface area contributed by atoms with E-state index < -0.39 is 5.97 Å². The van der Waals surface area contributed by atoms with Gasteiger partial charge in [-0.3, -0.25) is 9.78 Å². The van der Waals surface area contributed by atoms with Crippen molar-refractivity contribution in [3.8, 4) is 10.6 Å². The minimum atomic E-state index is -0.443. The summed E-state index contributed by atoms with van der Waals surface area (Å²) in [6.45, 7) is 0. The van der Waals surface area contributed by atoms with Crippen molar-refractivity contribution in [3.63, 3.8) is 0 Å². The number of carbonyl (C=O) groups is 1. The Balaban J connectivity index is 1.85. The standard InChI is InChI=1S/C15H12N4O3S/c1-22-14(21)9-4-2-5-10(8-9)16-15-17-13(20)12(18-19-15)11-6-3-7-23-11/h2-8H,1H3,(H2,16,17,19,20). The Bertz CT molecular complexity index is 890. The summed E-state index contributed by atoms with van der Waals surface area (Å²) in [6, 6.07) is 10.3. The van der Waals surface area contributed by atoms with Gasteiger partial charge in [0.25, 0.3) is 5.56 Å². The fraction of sp³-hybridized carbons (Fsp3) is 0.0667. The molecule has 2 aromatic heterocycles. The third-order valence-corrected chi connectivity index (χ3v) is 3.87. The van der Waals surface area contributed by atoms with Crippen LogP contribution in [0.2, 0.25) is 0 Å². The zero-order chi connectivity index (χ0) is 16.2. The average molecular weight is 328 g/mol. The molecule has 116 valence electrons. The second-order valence-corrected chi connectivity index (χ2v) is 5.47. The van der Waals surface area contributed by atoms with Crippen molar-refractivity contribution in [2.45, 2.75) is 0 Å². The first-order valence-electron chi connectivity index (χ1n) is 6.63. The predicted octanol–water partition coefficient (Wildman–Crippen LogP) is 2.42. The number of anilines is 2. The lowest BCUT2D eigenvalue weighted by molar-refractivity contribution is 0.0601. The topological polar surface area (TPSA) is 97.0 Å². The number of ether oxygens (including phenoxy) is 1. The molecule has 0 radical (unpaired) electrons. The smallest absolute Gasteiger partial charge is 0.337 e. The molecule has 3 rings (SSSR count). The van der Waals surface area contributed by atoms with Gasteiger partial charge < -0.3 is 10.1 Å². The Morgan fingerprint density at radius 2 is 2.13 bits per heavy atom. The fourth-order valence-electron chi connectivity index (χ4n) is 1.95. The number of benzene rings is 1. The summed E-state index contributed by atoms with van der Waals surface area (Å²) in [5.74, 6) is -0.251. The van der Waals surface area contributed by atoms with Gasteiger partial charge in [0.1, 0.15) is 0 Å². The molecular formula is C15H12N4O3S. The van der Waals surface area contributed by atoms with Crippen molar-refractivity contribution in [2.75, 3.05) is 12.4 Å².